The summed E-state index contributed by atoms with van der Waals surface area (Å²) in [7, 11) is 0. The average Bonchev–Trinajstić information content (AvgIpc) is 3.12. The summed E-state index contributed by atoms with van der Waals surface area (Å²) in [6, 6.07) is 4.57. The summed E-state index contributed by atoms with van der Waals surface area (Å²) in [5.41, 5.74) is -0.185. The largest absolute Gasteiger partial charge is 0.444 e. The van der Waals surface area contributed by atoms with Crippen molar-refractivity contribution in [3.8, 4) is 6.07 Å². The van der Waals surface area contributed by atoms with E-state index in [2.05, 4.69) is 10.6 Å². The minimum atomic E-state index is -1.16. The van der Waals surface area contributed by atoms with Gasteiger partial charge in [0.1, 0.15) is 17.7 Å². The Labute approximate surface area is 173 Å². The molecule has 3 N–H and O–H groups in total. The Balaban J connectivity index is 1.98. The third kappa shape index (κ3) is 6.05. The standard InChI is InChI=1S/C19H25N5O6/c1-19(2,3)30-18(27)22-15(11-25)17(26)21-13-6-7-23(10-13)16-5-4-14(24(28)29)8-12(16)9-20/h4-5,8,13,15,25H,6-7,10-11H2,1-3H3,(H,21,26)(H,22,27)/t13-,15-/m0/s1. The normalized spacial score (nSPS) is 17.0. The first-order chi connectivity index (χ1) is 14.0. The van der Waals surface area contributed by atoms with Gasteiger partial charge in [0.25, 0.3) is 5.69 Å². The number of rotatable bonds is 6. The van der Waals surface area contributed by atoms with Gasteiger partial charge in [0.05, 0.1) is 22.8 Å². The molecule has 1 aromatic rings. The molecule has 2 rings (SSSR count). The molecule has 11 nitrogen and oxygen atoms in total. The van der Waals surface area contributed by atoms with Crippen molar-refractivity contribution >= 4 is 23.4 Å². The number of hydrogen-bond acceptors (Lipinski definition) is 8. The molecular weight excluding hydrogens is 394 g/mol. The van der Waals surface area contributed by atoms with Gasteiger partial charge >= 0.3 is 6.09 Å². The minimum absolute atomic E-state index is 0.168. The van der Waals surface area contributed by atoms with E-state index in [4.69, 9.17) is 4.74 Å². The van der Waals surface area contributed by atoms with Gasteiger partial charge in [-0.15, -0.1) is 0 Å². The number of nitro groups is 1. The maximum absolute atomic E-state index is 12.4. The van der Waals surface area contributed by atoms with Crippen molar-refractivity contribution in [1.29, 1.82) is 5.26 Å². The summed E-state index contributed by atoms with van der Waals surface area (Å²) in [5.74, 6) is -0.556. The van der Waals surface area contributed by atoms with Crippen LogP contribution in [0, 0.1) is 21.4 Å². The van der Waals surface area contributed by atoms with Crippen molar-refractivity contribution in [3.63, 3.8) is 0 Å². The zero-order valence-corrected chi connectivity index (χ0v) is 17.0. The Morgan fingerprint density at radius 2 is 2.17 bits per heavy atom. The van der Waals surface area contributed by atoms with Gasteiger partial charge in [0.15, 0.2) is 0 Å². The smallest absolute Gasteiger partial charge is 0.408 e. The molecule has 1 aromatic carbocycles. The SMILES string of the molecule is CC(C)(C)OC(=O)N[C@@H](CO)C(=O)N[C@H]1CCN(c2ccc([N+](=O)[O-])cc2C#N)C1. The lowest BCUT2D eigenvalue weighted by molar-refractivity contribution is -0.384. The number of non-ortho nitro benzene ring substituents is 1. The van der Waals surface area contributed by atoms with Gasteiger partial charge in [-0.1, -0.05) is 0 Å². The number of hydrogen-bond donors (Lipinski definition) is 3. The van der Waals surface area contributed by atoms with E-state index in [9.17, 15) is 30.1 Å². The van der Waals surface area contributed by atoms with Crippen LogP contribution in [-0.4, -0.2) is 59.4 Å². The van der Waals surface area contributed by atoms with Gasteiger partial charge in [0, 0.05) is 31.3 Å². The number of nitriles is 1. The van der Waals surface area contributed by atoms with Crippen LogP contribution in [0.1, 0.15) is 32.8 Å². The number of carbonyl (C=O) groups is 2. The van der Waals surface area contributed by atoms with Crippen molar-refractivity contribution < 1.29 is 24.4 Å². The number of anilines is 1. The summed E-state index contributed by atoms with van der Waals surface area (Å²) in [6.07, 6.45) is -0.243. The third-order valence-corrected chi connectivity index (χ3v) is 4.38. The van der Waals surface area contributed by atoms with Gasteiger partial charge in [-0.2, -0.15) is 5.26 Å². The van der Waals surface area contributed by atoms with Crippen LogP contribution < -0.4 is 15.5 Å². The number of carbonyl (C=O) groups excluding carboxylic acids is 2. The van der Waals surface area contributed by atoms with Gasteiger partial charge < -0.3 is 25.4 Å². The molecule has 30 heavy (non-hydrogen) atoms. The van der Waals surface area contributed by atoms with Crippen LogP contribution in [0.25, 0.3) is 0 Å². The van der Waals surface area contributed by atoms with Crippen LogP contribution in [0.4, 0.5) is 16.2 Å². The van der Waals surface area contributed by atoms with Gasteiger partial charge in [-0.05, 0) is 33.3 Å². The zero-order chi connectivity index (χ0) is 22.5. The number of benzene rings is 1. The topological polar surface area (TPSA) is 158 Å². The number of alkyl carbamates (subject to hydrolysis) is 1. The lowest BCUT2D eigenvalue weighted by Crippen LogP contribution is -2.52. The van der Waals surface area contributed by atoms with Crippen LogP contribution in [0.3, 0.4) is 0 Å². The van der Waals surface area contributed by atoms with E-state index < -0.39 is 35.2 Å². The first-order valence-electron chi connectivity index (χ1n) is 9.38. The van der Waals surface area contributed by atoms with Crippen LogP contribution in [0.2, 0.25) is 0 Å². The molecule has 1 heterocycles. The Morgan fingerprint density at radius 1 is 1.47 bits per heavy atom. The fraction of sp³-hybridized carbons (Fsp3) is 0.526. The van der Waals surface area contributed by atoms with E-state index in [-0.39, 0.29) is 17.3 Å². The van der Waals surface area contributed by atoms with Gasteiger partial charge in [-0.25, -0.2) is 4.79 Å². The fourth-order valence-electron chi connectivity index (χ4n) is 3.05. The Kier molecular flexibility index (Phi) is 7.18. The summed E-state index contributed by atoms with van der Waals surface area (Å²) in [5, 5.41) is 34.8. The quantitative estimate of drug-likeness (QED) is 0.456. The van der Waals surface area contributed by atoms with E-state index in [0.29, 0.717) is 25.2 Å². The van der Waals surface area contributed by atoms with Crippen molar-refractivity contribution in [2.24, 2.45) is 0 Å². The minimum Gasteiger partial charge on any atom is -0.444 e. The van der Waals surface area contributed by atoms with E-state index in [1.807, 2.05) is 11.0 Å². The summed E-state index contributed by atoms with van der Waals surface area (Å²) in [6.45, 7) is 5.36. The Morgan fingerprint density at radius 3 is 2.73 bits per heavy atom. The Bertz CT molecular complexity index is 860. The Hall–Kier alpha value is -3.39. The lowest BCUT2D eigenvalue weighted by Gasteiger charge is -2.24. The highest BCUT2D eigenvalue weighted by Crippen LogP contribution is 2.27. The molecule has 2 atom stereocenters. The van der Waals surface area contributed by atoms with Crippen LogP contribution >= 0.6 is 0 Å². The van der Waals surface area contributed by atoms with Crippen LogP contribution in [0.15, 0.2) is 18.2 Å². The lowest BCUT2D eigenvalue weighted by atomic mass is 10.1. The van der Waals surface area contributed by atoms with Gasteiger partial charge in [0.2, 0.25) is 5.91 Å². The molecule has 0 aromatic heterocycles. The van der Waals surface area contributed by atoms with Crippen molar-refractivity contribution in [1.82, 2.24) is 10.6 Å². The van der Waals surface area contributed by atoms with E-state index in [1.54, 1.807) is 20.8 Å². The van der Waals surface area contributed by atoms with Gasteiger partial charge in [-0.3, -0.25) is 14.9 Å². The third-order valence-electron chi connectivity index (χ3n) is 4.38. The molecule has 162 valence electrons. The number of nitro benzene ring substituents is 1. The highest BCUT2D eigenvalue weighted by atomic mass is 16.6. The molecule has 0 spiro atoms. The maximum Gasteiger partial charge on any atom is 0.408 e. The molecule has 0 radical (unpaired) electrons. The summed E-state index contributed by atoms with van der Waals surface area (Å²) in [4.78, 5) is 36.5. The number of ether oxygens (including phenoxy) is 1. The van der Waals surface area contributed by atoms with E-state index in [1.165, 1.54) is 18.2 Å². The molecular formula is C19H25N5O6. The van der Waals surface area contributed by atoms with Crippen molar-refractivity contribution in [3.05, 3.63) is 33.9 Å². The molecule has 1 aliphatic rings. The van der Waals surface area contributed by atoms with E-state index in [0.717, 1.165) is 0 Å². The van der Waals surface area contributed by atoms with Crippen molar-refractivity contribution in [2.45, 2.75) is 44.9 Å². The fourth-order valence-corrected chi connectivity index (χ4v) is 3.05. The highest BCUT2D eigenvalue weighted by Gasteiger charge is 2.30. The molecule has 0 saturated carbocycles. The van der Waals surface area contributed by atoms with E-state index >= 15 is 0 Å². The second-order valence-corrected chi connectivity index (χ2v) is 7.89. The molecule has 0 aliphatic carbocycles. The highest BCUT2D eigenvalue weighted by molar-refractivity contribution is 5.86. The number of nitrogens with zero attached hydrogens (tertiary/aromatic N) is 3. The number of nitrogens with one attached hydrogen (secondary N) is 2. The molecule has 1 aliphatic heterocycles. The first kappa shape index (κ1) is 22.9. The molecule has 0 unspecified atom stereocenters. The predicted molar refractivity (Wildman–Crippen MR) is 107 cm³/mol. The summed E-state index contributed by atoms with van der Waals surface area (Å²) >= 11 is 0. The number of amides is 2. The monoisotopic (exact) mass is 419 g/mol. The molecule has 2 amide bonds. The predicted octanol–water partition coefficient (Wildman–Crippen LogP) is 1.05. The molecule has 1 saturated heterocycles. The summed E-state index contributed by atoms with van der Waals surface area (Å²) < 4.78 is 5.09. The number of aliphatic hydroxyl groups is 1. The van der Waals surface area contributed by atoms with Crippen LogP contribution in [-0.2, 0) is 9.53 Å². The van der Waals surface area contributed by atoms with Crippen molar-refractivity contribution in [2.75, 3.05) is 24.6 Å². The maximum atomic E-state index is 12.4. The average molecular weight is 419 g/mol. The first-order valence-corrected chi connectivity index (χ1v) is 9.38. The molecule has 0 bridgehead atoms. The molecule has 1 fully saturated rings. The van der Waals surface area contributed by atoms with Crippen LogP contribution in [0.5, 0.6) is 0 Å². The second-order valence-electron chi connectivity index (χ2n) is 7.89. The number of aliphatic hydroxyl groups excluding tert-OH is 1. The second kappa shape index (κ2) is 9.41. The molecule has 11 heteroatoms. The zero-order valence-electron chi connectivity index (χ0n) is 17.0.